The van der Waals surface area contributed by atoms with E-state index in [-0.39, 0.29) is 23.8 Å². The van der Waals surface area contributed by atoms with Crippen LogP contribution in [0.4, 0.5) is 0 Å². The van der Waals surface area contributed by atoms with Crippen molar-refractivity contribution in [3.63, 3.8) is 0 Å². The van der Waals surface area contributed by atoms with Crippen LogP contribution < -0.4 is 0 Å². The molecule has 0 amide bonds. The molecule has 2 aromatic carbocycles. The average Bonchev–Trinajstić information content (AvgIpc) is 3.27. The highest BCUT2D eigenvalue weighted by Crippen LogP contribution is 2.34. The van der Waals surface area contributed by atoms with Crippen LogP contribution in [0.1, 0.15) is 41.7 Å². The molecule has 2 aromatic heterocycles. The number of hydrogen-bond donors (Lipinski definition) is 1. The Kier molecular flexibility index (Phi) is 4.47. The van der Waals surface area contributed by atoms with Crippen LogP contribution in [0.3, 0.4) is 0 Å². The third kappa shape index (κ3) is 2.69. The summed E-state index contributed by atoms with van der Waals surface area (Å²) in [7, 11) is 0. The first-order valence-electron chi connectivity index (χ1n) is 9.34. The Balaban J connectivity index is 2.00. The van der Waals surface area contributed by atoms with Gasteiger partial charge in [0.2, 0.25) is 0 Å². The number of hydrogen-bond acceptors (Lipinski definition) is 4. The number of fused-ring (bicyclic) bond motifs is 3. The van der Waals surface area contributed by atoms with Gasteiger partial charge in [-0.3, -0.25) is 9.89 Å². The Morgan fingerprint density at radius 3 is 2.54 bits per heavy atom. The number of ether oxygens (including phenoxy) is 1. The average molecular weight is 375 g/mol. The van der Waals surface area contributed by atoms with E-state index >= 15 is 0 Å². The monoisotopic (exact) mass is 375 g/mol. The minimum atomic E-state index is -0.520. The van der Waals surface area contributed by atoms with Crippen molar-refractivity contribution < 1.29 is 14.3 Å². The van der Waals surface area contributed by atoms with E-state index in [1.54, 1.807) is 6.92 Å². The fraction of sp³-hybridized carbons (Fsp3) is 0.227. The van der Waals surface area contributed by atoms with Gasteiger partial charge in [0.05, 0.1) is 6.61 Å². The summed E-state index contributed by atoms with van der Waals surface area (Å²) in [6.07, 6.45) is 0. The van der Waals surface area contributed by atoms with Gasteiger partial charge in [0.1, 0.15) is 5.69 Å². The summed E-state index contributed by atoms with van der Waals surface area (Å²) in [5.74, 6) is -0.730. The molecule has 4 rings (SSSR count). The Morgan fingerprint density at radius 1 is 1.07 bits per heavy atom. The first-order chi connectivity index (χ1) is 13.6. The third-order valence-electron chi connectivity index (χ3n) is 4.96. The molecule has 0 spiro atoms. The predicted molar refractivity (Wildman–Crippen MR) is 109 cm³/mol. The fourth-order valence-electron chi connectivity index (χ4n) is 3.78. The van der Waals surface area contributed by atoms with Gasteiger partial charge >= 0.3 is 5.97 Å². The SMILES string of the molecule is CCOC(=O)c1[nH]nc(C(C)=O)c1-c1ccc2c(c1)c1ccccc1n2CC. The van der Waals surface area contributed by atoms with Gasteiger partial charge in [-0.2, -0.15) is 5.10 Å². The molecular weight excluding hydrogens is 354 g/mol. The number of para-hydroxylation sites is 1. The molecule has 4 aromatic rings. The number of carbonyl (C=O) groups excluding carboxylic acids is 2. The van der Waals surface area contributed by atoms with Gasteiger partial charge in [0.15, 0.2) is 11.5 Å². The molecule has 0 aliphatic heterocycles. The second kappa shape index (κ2) is 6.96. The van der Waals surface area contributed by atoms with Crippen molar-refractivity contribution in [2.45, 2.75) is 27.3 Å². The molecule has 1 N–H and O–H groups in total. The highest BCUT2D eigenvalue weighted by Gasteiger charge is 2.24. The van der Waals surface area contributed by atoms with Crippen LogP contribution in [0, 0.1) is 0 Å². The van der Waals surface area contributed by atoms with E-state index in [0.717, 1.165) is 33.9 Å². The van der Waals surface area contributed by atoms with Crippen molar-refractivity contribution in [1.29, 1.82) is 0 Å². The second-order valence-corrected chi connectivity index (χ2v) is 6.59. The zero-order chi connectivity index (χ0) is 19.8. The number of rotatable bonds is 5. The molecule has 142 valence electrons. The topological polar surface area (TPSA) is 77.0 Å². The summed E-state index contributed by atoms with van der Waals surface area (Å²) in [5, 5.41) is 8.97. The second-order valence-electron chi connectivity index (χ2n) is 6.59. The lowest BCUT2D eigenvalue weighted by molar-refractivity contribution is 0.0520. The highest BCUT2D eigenvalue weighted by molar-refractivity contribution is 6.11. The van der Waals surface area contributed by atoms with Crippen molar-refractivity contribution >= 4 is 33.6 Å². The molecule has 28 heavy (non-hydrogen) atoms. The number of H-pyrrole nitrogens is 1. The summed E-state index contributed by atoms with van der Waals surface area (Å²) in [6, 6.07) is 14.2. The van der Waals surface area contributed by atoms with E-state index in [1.807, 2.05) is 30.3 Å². The summed E-state index contributed by atoms with van der Waals surface area (Å²) in [6.45, 7) is 6.39. The lowest BCUT2D eigenvalue weighted by Gasteiger charge is -2.07. The number of nitrogens with one attached hydrogen (secondary N) is 1. The van der Waals surface area contributed by atoms with Crippen molar-refractivity contribution in [1.82, 2.24) is 14.8 Å². The largest absolute Gasteiger partial charge is 0.461 e. The summed E-state index contributed by atoms with van der Waals surface area (Å²) >= 11 is 0. The van der Waals surface area contributed by atoms with E-state index in [0.29, 0.717) is 5.56 Å². The molecule has 0 unspecified atom stereocenters. The van der Waals surface area contributed by atoms with Crippen molar-refractivity contribution in [2.75, 3.05) is 6.61 Å². The Morgan fingerprint density at radius 2 is 1.82 bits per heavy atom. The molecule has 0 atom stereocenters. The number of carbonyl (C=O) groups is 2. The van der Waals surface area contributed by atoms with Crippen LogP contribution in [-0.2, 0) is 11.3 Å². The number of aromatic amines is 1. The molecule has 0 aliphatic carbocycles. The number of nitrogens with zero attached hydrogens (tertiary/aromatic N) is 2. The molecule has 0 aliphatic rings. The number of benzene rings is 2. The number of aryl methyl sites for hydroxylation is 1. The van der Waals surface area contributed by atoms with Crippen LogP contribution in [0.2, 0.25) is 0 Å². The minimum Gasteiger partial charge on any atom is -0.461 e. The van der Waals surface area contributed by atoms with Crippen LogP contribution in [0.5, 0.6) is 0 Å². The van der Waals surface area contributed by atoms with Gasteiger partial charge in [0.25, 0.3) is 0 Å². The molecule has 0 saturated carbocycles. The molecule has 0 saturated heterocycles. The number of ketones is 1. The summed E-state index contributed by atoms with van der Waals surface area (Å²) in [5.41, 5.74) is 3.95. The van der Waals surface area contributed by atoms with E-state index < -0.39 is 5.97 Å². The number of Topliss-reactive ketones (excluding diaryl/α,β-unsaturated/α-hetero) is 1. The first kappa shape index (κ1) is 18.0. The molecule has 0 bridgehead atoms. The normalized spacial score (nSPS) is 11.2. The molecule has 6 nitrogen and oxygen atoms in total. The van der Waals surface area contributed by atoms with Crippen molar-refractivity contribution in [3.05, 3.63) is 53.9 Å². The maximum absolute atomic E-state index is 12.4. The smallest absolute Gasteiger partial charge is 0.357 e. The van der Waals surface area contributed by atoms with Crippen molar-refractivity contribution in [3.8, 4) is 11.1 Å². The van der Waals surface area contributed by atoms with E-state index in [4.69, 9.17) is 4.74 Å². The molecule has 6 heteroatoms. The van der Waals surface area contributed by atoms with Crippen LogP contribution >= 0.6 is 0 Å². The Hall–Kier alpha value is -3.41. The fourth-order valence-corrected chi connectivity index (χ4v) is 3.78. The zero-order valence-electron chi connectivity index (χ0n) is 16.1. The first-order valence-corrected chi connectivity index (χ1v) is 9.34. The standard InChI is InChI=1S/C22H21N3O3/c1-4-25-17-9-7-6-8-15(17)16-12-14(10-11-18(16)25)19-20(13(3)26)23-24-21(19)22(27)28-5-2/h6-12H,4-5H2,1-3H3,(H,23,24). The van der Waals surface area contributed by atoms with Gasteiger partial charge in [-0.1, -0.05) is 24.3 Å². The quantitative estimate of drug-likeness (QED) is 0.409. The summed E-state index contributed by atoms with van der Waals surface area (Å²) in [4.78, 5) is 24.5. The maximum atomic E-state index is 12.4. The van der Waals surface area contributed by atoms with Crippen LogP contribution in [0.15, 0.2) is 42.5 Å². The van der Waals surface area contributed by atoms with E-state index in [9.17, 15) is 9.59 Å². The number of esters is 1. The molecule has 0 radical (unpaired) electrons. The molecule has 0 fully saturated rings. The van der Waals surface area contributed by atoms with Gasteiger partial charge in [-0.15, -0.1) is 0 Å². The van der Waals surface area contributed by atoms with E-state index in [1.165, 1.54) is 6.92 Å². The number of aromatic nitrogens is 3. The van der Waals surface area contributed by atoms with Crippen LogP contribution in [0.25, 0.3) is 32.9 Å². The minimum absolute atomic E-state index is 0.200. The van der Waals surface area contributed by atoms with Crippen molar-refractivity contribution in [2.24, 2.45) is 0 Å². The lowest BCUT2D eigenvalue weighted by Crippen LogP contribution is -2.07. The maximum Gasteiger partial charge on any atom is 0.357 e. The highest BCUT2D eigenvalue weighted by atomic mass is 16.5. The predicted octanol–water partition coefficient (Wildman–Crippen LogP) is 4.58. The van der Waals surface area contributed by atoms with Gasteiger partial charge < -0.3 is 9.30 Å². The van der Waals surface area contributed by atoms with Gasteiger partial charge in [-0.05, 0) is 37.6 Å². The lowest BCUT2D eigenvalue weighted by atomic mass is 9.99. The molecule has 2 heterocycles. The molecular formula is C22H21N3O3. The Labute approximate surface area is 162 Å². The van der Waals surface area contributed by atoms with E-state index in [2.05, 4.69) is 33.8 Å². The Bertz CT molecular complexity index is 1220. The van der Waals surface area contributed by atoms with Crippen LogP contribution in [-0.4, -0.2) is 33.1 Å². The third-order valence-corrected chi connectivity index (χ3v) is 4.96. The van der Waals surface area contributed by atoms with Gasteiger partial charge in [0, 0.05) is 40.8 Å². The van der Waals surface area contributed by atoms with Gasteiger partial charge in [-0.25, -0.2) is 4.79 Å². The zero-order valence-corrected chi connectivity index (χ0v) is 16.1. The summed E-state index contributed by atoms with van der Waals surface area (Å²) < 4.78 is 7.39.